The monoisotopic (exact) mass is 595 g/mol. The third-order valence-corrected chi connectivity index (χ3v) is 7.96. The Bertz CT molecular complexity index is 1540. The van der Waals surface area contributed by atoms with E-state index in [4.69, 9.17) is 16.7 Å². The van der Waals surface area contributed by atoms with Gasteiger partial charge in [0.05, 0.1) is 10.0 Å². The number of aryl methyl sites for hydroxylation is 1. The standard InChI is InChI=1S/C27H23BrClN5O2S/c1-15-7-3-6-10-21(15)31-25(36)23-16(2)30-26-32-27(37-14-18-8-4-5-9-20(18)29)33-34(26)24(23)17-11-12-22(35)19(28)13-17/h3-13,24,35H,14H2,1-2H3,(H,31,36)(H,30,32,33). The molecule has 3 N–H and O–H groups in total. The second-order valence-corrected chi connectivity index (χ2v) is 10.8. The third-order valence-electron chi connectivity index (χ3n) is 6.07. The Morgan fingerprint density at radius 2 is 1.92 bits per heavy atom. The van der Waals surface area contributed by atoms with Gasteiger partial charge in [0.1, 0.15) is 11.8 Å². The number of allylic oxidation sites excluding steroid dienone is 1. The average Bonchev–Trinajstić information content (AvgIpc) is 3.28. The molecule has 1 unspecified atom stereocenters. The van der Waals surface area contributed by atoms with E-state index in [-0.39, 0.29) is 11.7 Å². The normalized spacial score (nSPS) is 14.8. The van der Waals surface area contributed by atoms with E-state index >= 15 is 0 Å². The van der Waals surface area contributed by atoms with Crippen LogP contribution in [-0.4, -0.2) is 25.8 Å². The summed E-state index contributed by atoms with van der Waals surface area (Å²) in [7, 11) is 0. The van der Waals surface area contributed by atoms with Crippen LogP contribution in [0.15, 0.2) is 87.6 Å². The first-order valence-electron chi connectivity index (χ1n) is 11.5. The Balaban J connectivity index is 1.52. The molecule has 3 aromatic carbocycles. The molecule has 1 amide bonds. The van der Waals surface area contributed by atoms with Crippen molar-refractivity contribution in [2.24, 2.45) is 0 Å². The molecule has 0 bridgehead atoms. The number of phenols is 1. The fourth-order valence-corrected chi connectivity index (χ4v) is 5.66. The van der Waals surface area contributed by atoms with Crippen molar-refractivity contribution >= 4 is 56.8 Å². The fraction of sp³-hybridized carbons (Fsp3) is 0.148. The van der Waals surface area contributed by atoms with Crippen molar-refractivity contribution in [3.05, 3.63) is 104 Å². The van der Waals surface area contributed by atoms with Crippen molar-refractivity contribution < 1.29 is 9.90 Å². The maximum absolute atomic E-state index is 13.7. The predicted molar refractivity (Wildman–Crippen MR) is 151 cm³/mol. The Morgan fingerprint density at radius 3 is 2.68 bits per heavy atom. The quantitative estimate of drug-likeness (QED) is 0.209. The minimum absolute atomic E-state index is 0.110. The van der Waals surface area contributed by atoms with Crippen LogP contribution in [0.5, 0.6) is 5.75 Å². The van der Waals surface area contributed by atoms with Gasteiger partial charge in [-0.2, -0.15) is 4.98 Å². The number of hydrogen-bond donors (Lipinski definition) is 3. The van der Waals surface area contributed by atoms with E-state index in [1.54, 1.807) is 22.9 Å². The van der Waals surface area contributed by atoms with Crippen molar-refractivity contribution in [1.29, 1.82) is 0 Å². The summed E-state index contributed by atoms with van der Waals surface area (Å²) in [6.07, 6.45) is 0. The highest BCUT2D eigenvalue weighted by Crippen LogP contribution is 2.39. The van der Waals surface area contributed by atoms with E-state index in [2.05, 4.69) is 31.5 Å². The predicted octanol–water partition coefficient (Wildman–Crippen LogP) is 6.93. The first-order chi connectivity index (χ1) is 17.8. The van der Waals surface area contributed by atoms with Crippen molar-refractivity contribution in [3.63, 3.8) is 0 Å². The molecular weight excluding hydrogens is 574 g/mol. The van der Waals surface area contributed by atoms with E-state index in [1.807, 2.05) is 62.4 Å². The van der Waals surface area contributed by atoms with Gasteiger partial charge < -0.3 is 15.7 Å². The number of carbonyl (C=O) groups is 1. The molecule has 7 nitrogen and oxygen atoms in total. The number of amides is 1. The van der Waals surface area contributed by atoms with Gasteiger partial charge in [-0.3, -0.25) is 4.79 Å². The largest absolute Gasteiger partial charge is 0.507 e. The van der Waals surface area contributed by atoms with Crippen LogP contribution in [0, 0.1) is 6.92 Å². The number of rotatable bonds is 6. The molecule has 0 saturated heterocycles. The Hall–Kier alpha value is -3.27. The van der Waals surface area contributed by atoms with Crippen molar-refractivity contribution in [3.8, 4) is 5.75 Å². The molecule has 0 saturated carbocycles. The van der Waals surface area contributed by atoms with Gasteiger partial charge in [0.2, 0.25) is 11.1 Å². The summed E-state index contributed by atoms with van der Waals surface area (Å²) in [5, 5.41) is 22.4. The number of phenolic OH excluding ortho intramolecular Hbond substituents is 1. The van der Waals surface area contributed by atoms with E-state index in [0.29, 0.717) is 37.6 Å². The van der Waals surface area contributed by atoms with Crippen LogP contribution in [0.2, 0.25) is 5.02 Å². The molecule has 1 aliphatic heterocycles. The summed E-state index contributed by atoms with van der Waals surface area (Å²) in [5.74, 6) is 0.991. The summed E-state index contributed by atoms with van der Waals surface area (Å²) in [5.41, 5.74) is 4.62. The smallest absolute Gasteiger partial charge is 0.255 e. The number of aromatic nitrogens is 3. The fourth-order valence-electron chi connectivity index (χ4n) is 4.15. The number of para-hydroxylation sites is 1. The Morgan fingerprint density at radius 1 is 1.16 bits per heavy atom. The van der Waals surface area contributed by atoms with Crippen molar-refractivity contribution in [2.75, 3.05) is 10.6 Å². The van der Waals surface area contributed by atoms with E-state index in [1.165, 1.54) is 11.8 Å². The van der Waals surface area contributed by atoms with Gasteiger partial charge >= 0.3 is 0 Å². The zero-order valence-corrected chi connectivity index (χ0v) is 23.2. The maximum Gasteiger partial charge on any atom is 0.255 e. The van der Waals surface area contributed by atoms with Gasteiger partial charge in [0, 0.05) is 22.2 Å². The minimum atomic E-state index is -0.570. The van der Waals surface area contributed by atoms with Crippen LogP contribution in [0.4, 0.5) is 11.6 Å². The third kappa shape index (κ3) is 5.25. The Labute approximate surface area is 232 Å². The van der Waals surface area contributed by atoms with Crippen LogP contribution in [0.1, 0.15) is 29.7 Å². The van der Waals surface area contributed by atoms with E-state index < -0.39 is 6.04 Å². The molecular formula is C27H23BrClN5O2S. The van der Waals surface area contributed by atoms with Gasteiger partial charge in [-0.1, -0.05) is 65.8 Å². The lowest BCUT2D eigenvalue weighted by Gasteiger charge is -2.29. The van der Waals surface area contributed by atoms with Gasteiger partial charge in [0.25, 0.3) is 5.91 Å². The number of nitrogens with one attached hydrogen (secondary N) is 2. The van der Waals surface area contributed by atoms with Crippen LogP contribution >= 0.6 is 39.3 Å². The van der Waals surface area contributed by atoms with E-state index in [0.717, 1.165) is 22.4 Å². The molecule has 1 aliphatic rings. The number of aromatic hydroxyl groups is 1. The van der Waals surface area contributed by atoms with Gasteiger partial charge in [-0.25, -0.2) is 4.68 Å². The SMILES string of the molecule is CC1=C(C(=O)Nc2ccccc2C)C(c2ccc(O)c(Br)c2)n2nc(SCc3ccccc3Cl)nc2N1. The number of anilines is 2. The lowest BCUT2D eigenvalue weighted by atomic mass is 9.95. The van der Waals surface area contributed by atoms with Crippen LogP contribution in [0.3, 0.4) is 0 Å². The summed E-state index contributed by atoms with van der Waals surface area (Å²) in [4.78, 5) is 18.4. The van der Waals surface area contributed by atoms with Crippen LogP contribution in [0.25, 0.3) is 0 Å². The molecule has 1 atom stereocenters. The zero-order valence-electron chi connectivity index (χ0n) is 20.0. The first kappa shape index (κ1) is 25.4. The highest BCUT2D eigenvalue weighted by atomic mass is 79.9. The molecule has 188 valence electrons. The molecule has 10 heteroatoms. The molecule has 0 aliphatic carbocycles. The Kier molecular flexibility index (Phi) is 7.28. The summed E-state index contributed by atoms with van der Waals surface area (Å²) in [6, 6.07) is 19.9. The average molecular weight is 597 g/mol. The molecule has 1 aromatic heterocycles. The summed E-state index contributed by atoms with van der Waals surface area (Å²) in [6.45, 7) is 3.80. The number of nitrogens with zero attached hydrogens (tertiary/aromatic N) is 3. The number of thioether (sulfide) groups is 1. The van der Waals surface area contributed by atoms with E-state index in [9.17, 15) is 9.90 Å². The molecule has 5 rings (SSSR count). The number of carbonyl (C=O) groups excluding carboxylic acids is 1. The number of benzene rings is 3. The highest BCUT2D eigenvalue weighted by Gasteiger charge is 2.35. The van der Waals surface area contributed by atoms with Crippen molar-refractivity contribution in [1.82, 2.24) is 14.8 Å². The second-order valence-electron chi connectivity index (χ2n) is 8.59. The van der Waals surface area contributed by atoms with Gasteiger partial charge in [0.15, 0.2) is 0 Å². The zero-order chi connectivity index (χ0) is 26.1. The summed E-state index contributed by atoms with van der Waals surface area (Å²) < 4.78 is 2.24. The number of hydrogen-bond acceptors (Lipinski definition) is 6. The van der Waals surface area contributed by atoms with Gasteiger partial charge in [-0.15, -0.1) is 5.10 Å². The van der Waals surface area contributed by atoms with Gasteiger partial charge in [-0.05, 0) is 70.7 Å². The molecule has 0 spiro atoms. The minimum Gasteiger partial charge on any atom is -0.507 e. The lowest BCUT2D eigenvalue weighted by molar-refractivity contribution is -0.113. The number of halogens is 2. The molecule has 2 heterocycles. The summed E-state index contributed by atoms with van der Waals surface area (Å²) >= 11 is 11.2. The molecule has 37 heavy (non-hydrogen) atoms. The molecule has 4 aromatic rings. The number of fused-ring (bicyclic) bond motifs is 1. The van der Waals surface area contributed by atoms with Crippen molar-refractivity contribution in [2.45, 2.75) is 30.8 Å². The highest BCUT2D eigenvalue weighted by molar-refractivity contribution is 9.10. The van der Waals surface area contributed by atoms with Crippen LogP contribution in [-0.2, 0) is 10.5 Å². The second kappa shape index (κ2) is 10.6. The lowest BCUT2D eigenvalue weighted by Crippen LogP contribution is -2.31. The molecule has 0 radical (unpaired) electrons. The van der Waals surface area contributed by atoms with Crippen LogP contribution < -0.4 is 10.6 Å². The first-order valence-corrected chi connectivity index (χ1v) is 13.6. The topological polar surface area (TPSA) is 92.1 Å². The molecule has 0 fully saturated rings. The maximum atomic E-state index is 13.7.